The van der Waals surface area contributed by atoms with Crippen LogP contribution in [0.1, 0.15) is 11.5 Å². The Balaban J connectivity index is 1.49. The van der Waals surface area contributed by atoms with E-state index in [-0.39, 0.29) is 5.91 Å². The third-order valence-electron chi connectivity index (χ3n) is 3.81. The number of amides is 1. The molecule has 1 amide bonds. The fourth-order valence-corrected chi connectivity index (χ4v) is 2.98. The standard InChI is InChI=1S/C19H15ClN2O4/c1-11-21-15-10-13(3-4-16(15)26-11)22-18(23)5-2-12-8-14(20)19-17(9-12)24-6-7-25-19/h2-5,8-10H,6-7H2,1H3,(H,22,23)/b5-2-. The number of nitrogens with zero attached hydrogens (tertiary/aromatic N) is 1. The molecule has 0 radical (unpaired) electrons. The van der Waals surface area contributed by atoms with Gasteiger partial charge in [-0.2, -0.15) is 0 Å². The zero-order valence-electron chi connectivity index (χ0n) is 13.9. The van der Waals surface area contributed by atoms with Gasteiger partial charge in [-0.15, -0.1) is 0 Å². The number of nitrogens with one attached hydrogen (secondary N) is 1. The fraction of sp³-hybridized carbons (Fsp3) is 0.158. The van der Waals surface area contributed by atoms with Gasteiger partial charge in [0, 0.05) is 18.7 Å². The molecule has 0 spiro atoms. The van der Waals surface area contributed by atoms with Crippen molar-refractivity contribution in [2.45, 2.75) is 6.92 Å². The maximum Gasteiger partial charge on any atom is 0.248 e. The highest BCUT2D eigenvalue weighted by Crippen LogP contribution is 2.38. The molecule has 2 aromatic carbocycles. The number of benzene rings is 2. The Morgan fingerprint density at radius 3 is 2.96 bits per heavy atom. The van der Waals surface area contributed by atoms with E-state index >= 15 is 0 Å². The van der Waals surface area contributed by atoms with Gasteiger partial charge in [-0.3, -0.25) is 4.79 Å². The lowest BCUT2D eigenvalue weighted by molar-refractivity contribution is -0.111. The summed E-state index contributed by atoms with van der Waals surface area (Å²) in [5, 5.41) is 3.25. The summed E-state index contributed by atoms with van der Waals surface area (Å²) in [6.45, 7) is 2.72. The quantitative estimate of drug-likeness (QED) is 0.699. The van der Waals surface area contributed by atoms with Crippen molar-refractivity contribution in [3.8, 4) is 11.5 Å². The molecular formula is C19H15ClN2O4. The Bertz CT molecular complexity index is 1030. The van der Waals surface area contributed by atoms with Crippen LogP contribution < -0.4 is 14.8 Å². The van der Waals surface area contributed by atoms with Gasteiger partial charge in [0.25, 0.3) is 0 Å². The number of halogens is 1. The first-order valence-electron chi connectivity index (χ1n) is 8.04. The van der Waals surface area contributed by atoms with E-state index in [1.165, 1.54) is 6.08 Å². The third kappa shape index (κ3) is 3.36. The molecule has 0 unspecified atom stereocenters. The number of aromatic nitrogens is 1. The average molecular weight is 371 g/mol. The molecule has 26 heavy (non-hydrogen) atoms. The lowest BCUT2D eigenvalue weighted by Crippen LogP contribution is -2.15. The number of fused-ring (bicyclic) bond motifs is 2. The van der Waals surface area contributed by atoms with Gasteiger partial charge < -0.3 is 19.2 Å². The van der Waals surface area contributed by atoms with Crippen molar-refractivity contribution < 1.29 is 18.7 Å². The van der Waals surface area contributed by atoms with E-state index in [1.54, 1.807) is 43.3 Å². The molecule has 0 saturated heterocycles. The summed E-state index contributed by atoms with van der Waals surface area (Å²) >= 11 is 6.19. The van der Waals surface area contributed by atoms with Gasteiger partial charge in [0.1, 0.15) is 18.7 Å². The highest BCUT2D eigenvalue weighted by molar-refractivity contribution is 6.32. The number of rotatable bonds is 3. The highest BCUT2D eigenvalue weighted by Gasteiger charge is 2.16. The number of ether oxygens (including phenoxy) is 2. The second-order valence-electron chi connectivity index (χ2n) is 5.76. The normalized spacial score (nSPS) is 13.3. The zero-order valence-corrected chi connectivity index (χ0v) is 14.7. The average Bonchev–Trinajstić information content (AvgIpc) is 2.99. The minimum Gasteiger partial charge on any atom is -0.486 e. The van der Waals surface area contributed by atoms with E-state index in [4.69, 9.17) is 25.5 Å². The third-order valence-corrected chi connectivity index (χ3v) is 4.09. The number of aryl methyl sites for hydroxylation is 1. The molecule has 0 saturated carbocycles. The number of anilines is 1. The Labute approximate surface area is 154 Å². The monoisotopic (exact) mass is 370 g/mol. The molecular weight excluding hydrogens is 356 g/mol. The largest absolute Gasteiger partial charge is 0.486 e. The molecule has 4 rings (SSSR count). The van der Waals surface area contributed by atoms with E-state index in [2.05, 4.69) is 10.3 Å². The topological polar surface area (TPSA) is 73.6 Å². The van der Waals surface area contributed by atoms with E-state index in [1.807, 2.05) is 0 Å². The molecule has 1 aliphatic rings. The summed E-state index contributed by atoms with van der Waals surface area (Å²) in [6, 6.07) is 8.81. The lowest BCUT2D eigenvalue weighted by Gasteiger charge is -2.19. The van der Waals surface area contributed by atoms with E-state index < -0.39 is 0 Å². The molecule has 0 bridgehead atoms. The van der Waals surface area contributed by atoms with E-state index in [9.17, 15) is 4.79 Å². The summed E-state index contributed by atoms with van der Waals surface area (Å²) in [5.74, 6) is 1.43. The molecule has 1 aromatic heterocycles. The van der Waals surface area contributed by atoms with Crippen LogP contribution in [0.2, 0.25) is 5.02 Å². The minimum absolute atomic E-state index is 0.268. The molecule has 0 aliphatic carbocycles. The smallest absolute Gasteiger partial charge is 0.248 e. The predicted octanol–water partition coefficient (Wildman–Crippen LogP) is 4.21. The second-order valence-corrected chi connectivity index (χ2v) is 6.17. The number of oxazole rings is 1. The summed E-state index contributed by atoms with van der Waals surface area (Å²) in [5.41, 5.74) is 2.77. The summed E-state index contributed by atoms with van der Waals surface area (Å²) in [6.07, 6.45) is 3.10. The number of carbonyl (C=O) groups excluding carboxylic acids is 1. The number of hydrogen-bond acceptors (Lipinski definition) is 5. The maximum atomic E-state index is 12.2. The number of carbonyl (C=O) groups is 1. The van der Waals surface area contributed by atoms with Crippen LogP contribution in [0.25, 0.3) is 17.2 Å². The molecule has 0 fully saturated rings. The SMILES string of the molecule is Cc1nc2cc(NC(=O)/C=C\c3cc(Cl)c4c(c3)OCCO4)ccc2o1. The molecule has 132 valence electrons. The van der Waals surface area contributed by atoms with Crippen molar-refractivity contribution >= 4 is 40.4 Å². The van der Waals surface area contributed by atoms with Crippen molar-refractivity contribution in [1.29, 1.82) is 0 Å². The summed E-state index contributed by atoms with van der Waals surface area (Å²) in [7, 11) is 0. The first-order chi connectivity index (χ1) is 12.6. The van der Waals surface area contributed by atoms with Gasteiger partial charge in [-0.05, 0) is 42.0 Å². The minimum atomic E-state index is -0.268. The van der Waals surface area contributed by atoms with Crippen molar-refractivity contribution in [3.63, 3.8) is 0 Å². The molecule has 0 atom stereocenters. The van der Waals surface area contributed by atoms with Crippen LogP contribution in [-0.4, -0.2) is 24.1 Å². The van der Waals surface area contributed by atoms with Crippen LogP contribution in [0.15, 0.2) is 40.8 Å². The maximum absolute atomic E-state index is 12.2. The van der Waals surface area contributed by atoms with Gasteiger partial charge in [0.2, 0.25) is 5.91 Å². The van der Waals surface area contributed by atoms with Gasteiger partial charge in [0.15, 0.2) is 23.0 Å². The summed E-state index contributed by atoms with van der Waals surface area (Å²) in [4.78, 5) is 16.4. The van der Waals surface area contributed by atoms with Crippen LogP contribution in [0, 0.1) is 6.92 Å². The predicted molar refractivity (Wildman–Crippen MR) is 98.9 cm³/mol. The Morgan fingerprint density at radius 1 is 1.23 bits per heavy atom. The van der Waals surface area contributed by atoms with Crippen molar-refractivity contribution in [2.24, 2.45) is 0 Å². The molecule has 1 aliphatic heterocycles. The molecule has 6 nitrogen and oxygen atoms in total. The van der Waals surface area contributed by atoms with Crippen LogP contribution in [-0.2, 0) is 4.79 Å². The first-order valence-corrected chi connectivity index (χ1v) is 8.42. The second kappa shape index (κ2) is 6.72. The number of hydrogen-bond donors (Lipinski definition) is 1. The van der Waals surface area contributed by atoms with Gasteiger partial charge >= 0.3 is 0 Å². The van der Waals surface area contributed by atoms with Crippen LogP contribution >= 0.6 is 11.6 Å². The van der Waals surface area contributed by atoms with Gasteiger partial charge in [-0.1, -0.05) is 11.6 Å². The van der Waals surface area contributed by atoms with Gasteiger partial charge in [-0.25, -0.2) is 4.98 Å². The van der Waals surface area contributed by atoms with Crippen molar-refractivity contribution in [2.75, 3.05) is 18.5 Å². The van der Waals surface area contributed by atoms with E-state index in [0.29, 0.717) is 52.4 Å². The lowest BCUT2D eigenvalue weighted by atomic mass is 10.1. The van der Waals surface area contributed by atoms with Crippen LogP contribution in [0.5, 0.6) is 11.5 Å². The van der Waals surface area contributed by atoms with Gasteiger partial charge in [0.05, 0.1) is 5.02 Å². The first kappa shape index (κ1) is 16.5. The zero-order chi connectivity index (χ0) is 18.1. The van der Waals surface area contributed by atoms with Crippen molar-refractivity contribution in [1.82, 2.24) is 4.98 Å². The molecule has 1 N–H and O–H groups in total. The fourth-order valence-electron chi connectivity index (χ4n) is 2.70. The Kier molecular flexibility index (Phi) is 4.26. The molecule has 3 aromatic rings. The van der Waals surface area contributed by atoms with Crippen LogP contribution in [0.3, 0.4) is 0 Å². The van der Waals surface area contributed by atoms with Crippen LogP contribution in [0.4, 0.5) is 5.69 Å². The Morgan fingerprint density at radius 2 is 2.08 bits per heavy atom. The molecule has 2 heterocycles. The van der Waals surface area contributed by atoms with Crippen molar-refractivity contribution in [3.05, 3.63) is 52.9 Å². The summed E-state index contributed by atoms with van der Waals surface area (Å²) < 4.78 is 16.4. The highest BCUT2D eigenvalue weighted by atomic mass is 35.5. The Hall–Kier alpha value is -2.99. The van der Waals surface area contributed by atoms with E-state index in [0.717, 1.165) is 5.56 Å². The molecule has 7 heteroatoms.